The molecule has 9 heteroatoms. The summed E-state index contributed by atoms with van der Waals surface area (Å²) in [7, 11) is -3.49. The van der Waals surface area contributed by atoms with Crippen LogP contribution in [0.2, 0.25) is 5.02 Å². The standard InChI is InChI=1S/C20H22BrClN2O4S/c1-14(28-19-10-5-15(22)13-18(19)21)20(25)23-16-6-8-17(9-7-16)29(26,27)24-11-3-2-4-12-24/h5-10,13-14H,2-4,11-12H2,1H3,(H,23,25). The third-order valence-electron chi connectivity index (χ3n) is 4.64. The molecular weight excluding hydrogens is 480 g/mol. The summed E-state index contributed by atoms with van der Waals surface area (Å²) in [5.41, 5.74) is 0.498. The first-order valence-electron chi connectivity index (χ1n) is 9.30. The highest BCUT2D eigenvalue weighted by atomic mass is 79.9. The van der Waals surface area contributed by atoms with E-state index in [1.165, 1.54) is 16.4 Å². The molecule has 1 aliphatic rings. The zero-order valence-electron chi connectivity index (χ0n) is 15.9. The maximum absolute atomic E-state index is 12.7. The molecule has 29 heavy (non-hydrogen) atoms. The van der Waals surface area contributed by atoms with E-state index >= 15 is 0 Å². The van der Waals surface area contributed by atoms with Gasteiger partial charge < -0.3 is 10.1 Å². The van der Waals surface area contributed by atoms with E-state index < -0.39 is 16.1 Å². The van der Waals surface area contributed by atoms with E-state index in [1.54, 1.807) is 37.3 Å². The lowest BCUT2D eigenvalue weighted by molar-refractivity contribution is -0.122. The molecule has 0 saturated carbocycles. The highest BCUT2D eigenvalue weighted by Crippen LogP contribution is 2.29. The largest absolute Gasteiger partial charge is 0.480 e. The van der Waals surface area contributed by atoms with Gasteiger partial charge in [-0.1, -0.05) is 18.0 Å². The summed E-state index contributed by atoms with van der Waals surface area (Å²) < 4.78 is 33.2. The zero-order valence-corrected chi connectivity index (χ0v) is 19.1. The van der Waals surface area contributed by atoms with Gasteiger partial charge >= 0.3 is 0 Å². The summed E-state index contributed by atoms with van der Waals surface area (Å²) in [6.07, 6.45) is 2.07. The third kappa shape index (κ3) is 5.51. The van der Waals surface area contributed by atoms with E-state index in [-0.39, 0.29) is 10.8 Å². The van der Waals surface area contributed by atoms with Crippen LogP contribution in [-0.4, -0.2) is 37.8 Å². The molecule has 0 aromatic heterocycles. The van der Waals surface area contributed by atoms with Crippen LogP contribution < -0.4 is 10.1 Å². The van der Waals surface area contributed by atoms with Crippen molar-refractivity contribution in [1.29, 1.82) is 0 Å². The molecule has 1 fully saturated rings. The Balaban J connectivity index is 1.63. The molecule has 1 N–H and O–H groups in total. The predicted molar refractivity (Wildman–Crippen MR) is 117 cm³/mol. The lowest BCUT2D eigenvalue weighted by Crippen LogP contribution is -2.35. The maximum Gasteiger partial charge on any atom is 0.265 e. The van der Waals surface area contributed by atoms with Crippen molar-refractivity contribution >= 4 is 49.1 Å². The molecule has 1 saturated heterocycles. The van der Waals surface area contributed by atoms with Crippen LogP contribution in [0.3, 0.4) is 0 Å². The van der Waals surface area contributed by atoms with Crippen molar-refractivity contribution in [1.82, 2.24) is 4.31 Å². The molecule has 2 aromatic rings. The SMILES string of the molecule is CC(Oc1ccc(Cl)cc1Br)C(=O)Nc1ccc(S(=O)(=O)N2CCCCC2)cc1. The number of amides is 1. The highest BCUT2D eigenvalue weighted by molar-refractivity contribution is 9.10. The summed E-state index contributed by atoms with van der Waals surface area (Å²) in [5, 5.41) is 3.29. The van der Waals surface area contributed by atoms with Gasteiger partial charge in [-0.3, -0.25) is 4.79 Å². The van der Waals surface area contributed by atoms with Crippen LogP contribution in [0.25, 0.3) is 0 Å². The number of hydrogen-bond donors (Lipinski definition) is 1. The number of rotatable bonds is 6. The molecular formula is C20H22BrClN2O4S. The molecule has 1 atom stereocenters. The lowest BCUT2D eigenvalue weighted by Gasteiger charge is -2.25. The Morgan fingerprint density at radius 1 is 1.14 bits per heavy atom. The molecule has 1 amide bonds. The van der Waals surface area contributed by atoms with Gasteiger partial charge in [0, 0.05) is 23.8 Å². The molecule has 0 radical (unpaired) electrons. The first kappa shape index (κ1) is 22.1. The van der Waals surface area contributed by atoms with E-state index in [2.05, 4.69) is 21.2 Å². The second-order valence-corrected chi connectivity index (χ2v) is 10.0. The number of benzene rings is 2. The Bertz CT molecular complexity index is 976. The molecule has 0 aliphatic carbocycles. The summed E-state index contributed by atoms with van der Waals surface area (Å²) in [6, 6.07) is 11.2. The smallest absolute Gasteiger partial charge is 0.265 e. The molecule has 0 spiro atoms. The Morgan fingerprint density at radius 3 is 2.41 bits per heavy atom. The van der Waals surface area contributed by atoms with Crippen LogP contribution in [0.5, 0.6) is 5.75 Å². The zero-order chi connectivity index (χ0) is 21.0. The van der Waals surface area contributed by atoms with E-state index in [1.807, 2.05) is 0 Å². The molecule has 0 bridgehead atoms. The number of nitrogens with zero attached hydrogens (tertiary/aromatic N) is 1. The topological polar surface area (TPSA) is 75.7 Å². The van der Waals surface area contributed by atoms with Crippen LogP contribution in [0, 0.1) is 0 Å². The lowest BCUT2D eigenvalue weighted by atomic mass is 10.2. The van der Waals surface area contributed by atoms with Crippen molar-refractivity contribution in [3.8, 4) is 5.75 Å². The average molecular weight is 502 g/mol. The van der Waals surface area contributed by atoms with Gasteiger partial charge in [0.05, 0.1) is 9.37 Å². The number of carbonyl (C=O) groups is 1. The summed E-state index contributed by atoms with van der Waals surface area (Å²) in [5.74, 6) is 0.151. The normalized spacial score (nSPS) is 16.2. The molecule has 1 aliphatic heterocycles. The number of sulfonamides is 1. The minimum absolute atomic E-state index is 0.229. The number of hydrogen-bond acceptors (Lipinski definition) is 4. The Kier molecular flexibility index (Phi) is 7.21. The van der Waals surface area contributed by atoms with Crippen molar-refractivity contribution in [2.75, 3.05) is 18.4 Å². The van der Waals surface area contributed by atoms with Crippen LogP contribution in [0.15, 0.2) is 51.8 Å². The number of ether oxygens (including phenoxy) is 1. The van der Waals surface area contributed by atoms with Gasteiger partial charge in [-0.05, 0) is 78.2 Å². The van der Waals surface area contributed by atoms with Gasteiger partial charge in [-0.2, -0.15) is 4.31 Å². The molecule has 6 nitrogen and oxygen atoms in total. The predicted octanol–water partition coefficient (Wildman–Crippen LogP) is 4.68. The van der Waals surface area contributed by atoms with E-state index in [4.69, 9.17) is 16.3 Å². The monoisotopic (exact) mass is 500 g/mol. The second kappa shape index (κ2) is 9.47. The Labute approximate surface area is 184 Å². The Morgan fingerprint density at radius 2 is 1.79 bits per heavy atom. The van der Waals surface area contributed by atoms with Gasteiger partial charge in [-0.25, -0.2) is 8.42 Å². The summed E-state index contributed by atoms with van der Waals surface area (Å²) in [6.45, 7) is 2.73. The minimum Gasteiger partial charge on any atom is -0.480 e. The minimum atomic E-state index is -3.49. The first-order chi connectivity index (χ1) is 13.8. The second-order valence-electron chi connectivity index (χ2n) is 6.81. The fourth-order valence-corrected chi connectivity index (χ4v) is 5.32. The van der Waals surface area contributed by atoms with E-state index in [0.29, 0.717) is 34.0 Å². The number of halogens is 2. The molecule has 3 rings (SSSR count). The molecule has 156 valence electrons. The highest BCUT2D eigenvalue weighted by Gasteiger charge is 2.26. The van der Waals surface area contributed by atoms with Crippen molar-refractivity contribution in [2.24, 2.45) is 0 Å². The van der Waals surface area contributed by atoms with Gasteiger partial charge in [-0.15, -0.1) is 0 Å². The van der Waals surface area contributed by atoms with Crippen LogP contribution >= 0.6 is 27.5 Å². The molecule has 1 heterocycles. The Hall–Kier alpha value is -1.61. The first-order valence-corrected chi connectivity index (χ1v) is 11.9. The van der Waals surface area contributed by atoms with Crippen molar-refractivity contribution in [3.05, 3.63) is 52.0 Å². The van der Waals surface area contributed by atoms with Gasteiger partial charge in [0.2, 0.25) is 10.0 Å². The van der Waals surface area contributed by atoms with Gasteiger partial charge in [0.15, 0.2) is 6.10 Å². The molecule has 2 aromatic carbocycles. The summed E-state index contributed by atoms with van der Waals surface area (Å²) >= 11 is 9.26. The fraction of sp³-hybridized carbons (Fsp3) is 0.350. The maximum atomic E-state index is 12.7. The van der Waals surface area contributed by atoms with Crippen LogP contribution in [0.4, 0.5) is 5.69 Å². The number of anilines is 1. The van der Waals surface area contributed by atoms with E-state index in [0.717, 1.165) is 19.3 Å². The number of piperidine rings is 1. The van der Waals surface area contributed by atoms with Gasteiger partial charge in [0.1, 0.15) is 5.75 Å². The van der Waals surface area contributed by atoms with Crippen LogP contribution in [-0.2, 0) is 14.8 Å². The summed E-state index contributed by atoms with van der Waals surface area (Å²) in [4.78, 5) is 12.6. The van der Waals surface area contributed by atoms with Crippen molar-refractivity contribution in [3.63, 3.8) is 0 Å². The fourth-order valence-electron chi connectivity index (χ4n) is 3.02. The molecule has 1 unspecified atom stereocenters. The quantitative estimate of drug-likeness (QED) is 0.623. The van der Waals surface area contributed by atoms with E-state index in [9.17, 15) is 13.2 Å². The van der Waals surface area contributed by atoms with Crippen molar-refractivity contribution in [2.45, 2.75) is 37.2 Å². The number of nitrogens with one attached hydrogen (secondary N) is 1. The van der Waals surface area contributed by atoms with Crippen LogP contribution in [0.1, 0.15) is 26.2 Å². The van der Waals surface area contributed by atoms with Crippen molar-refractivity contribution < 1.29 is 17.9 Å². The van der Waals surface area contributed by atoms with Gasteiger partial charge in [0.25, 0.3) is 5.91 Å². The average Bonchev–Trinajstić information content (AvgIpc) is 2.71. The third-order valence-corrected chi connectivity index (χ3v) is 7.41. The number of carbonyl (C=O) groups excluding carboxylic acids is 1.